The zero-order chi connectivity index (χ0) is 20.7. The van der Waals surface area contributed by atoms with E-state index >= 15 is 0 Å². The van der Waals surface area contributed by atoms with Crippen molar-refractivity contribution in [3.8, 4) is 0 Å². The van der Waals surface area contributed by atoms with Gasteiger partial charge in [-0.1, -0.05) is 27.7 Å². The lowest BCUT2D eigenvalue weighted by Crippen LogP contribution is -2.54. The zero-order valence-corrected chi connectivity index (χ0v) is 21.5. The van der Waals surface area contributed by atoms with E-state index in [1.807, 2.05) is 0 Å². The molecule has 26 heavy (non-hydrogen) atoms. The molecule has 0 aromatic carbocycles. The van der Waals surface area contributed by atoms with Crippen molar-refractivity contribution in [2.75, 3.05) is 0 Å². The molecule has 6 heteroatoms. The fourth-order valence-corrected chi connectivity index (χ4v) is 12.2. The fraction of sp³-hybridized carbons (Fsp3) is 1.00. The molecule has 0 spiro atoms. The van der Waals surface area contributed by atoms with E-state index in [9.17, 15) is 0 Å². The summed E-state index contributed by atoms with van der Waals surface area (Å²) in [4.78, 5) is 0. The summed E-state index contributed by atoms with van der Waals surface area (Å²) in [6.07, 6.45) is 0.648. The number of rotatable bonds is 13. The van der Waals surface area contributed by atoms with Gasteiger partial charge in [0.1, 0.15) is 0 Å². The second kappa shape index (κ2) is 11.3. The summed E-state index contributed by atoms with van der Waals surface area (Å²) in [7, 11) is -4.76. The average Bonchev–Trinajstić information content (AvgIpc) is 2.41. The van der Waals surface area contributed by atoms with Gasteiger partial charge in [0.25, 0.3) is 0 Å². The standard InChI is InChI=1S/C20H46O4Si2/c1-15(2)21-25(19(9)10,22-16(3)4)13-14-26(20(11)12,23-17(5)6)24-18(7)8/h15-20H,13-14H2,1-12H3. The van der Waals surface area contributed by atoms with E-state index < -0.39 is 17.1 Å². The fourth-order valence-electron chi connectivity index (χ4n) is 3.36. The van der Waals surface area contributed by atoms with Crippen LogP contribution in [-0.4, -0.2) is 41.5 Å². The van der Waals surface area contributed by atoms with E-state index in [0.29, 0.717) is 11.1 Å². The Hall–Kier alpha value is 0.274. The van der Waals surface area contributed by atoms with E-state index in [0.717, 1.165) is 12.1 Å². The molecule has 0 aromatic rings. The third-order valence-electron chi connectivity index (χ3n) is 4.32. The second-order valence-corrected chi connectivity index (χ2v) is 16.6. The molecule has 0 saturated heterocycles. The maximum Gasteiger partial charge on any atom is 0.341 e. The summed E-state index contributed by atoms with van der Waals surface area (Å²) >= 11 is 0. The first kappa shape index (κ1) is 26.3. The van der Waals surface area contributed by atoms with Crippen molar-refractivity contribution in [3.63, 3.8) is 0 Å². The van der Waals surface area contributed by atoms with Crippen LogP contribution in [0.15, 0.2) is 0 Å². The van der Waals surface area contributed by atoms with Crippen LogP contribution in [0, 0.1) is 0 Å². The van der Waals surface area contributed by atoms with Crippen molar-refractivity contribution in [1.29, 1.82) is 0 Å². The summed E-state index contributed by atoms with van der Waals surface area (Å²) in [6, 6.07) is 1.84. The molecule has 0 rings (SSSR count). The highest BCUT2D eigenvalue weighted by Gasteiger charge is 2.50. The van der Waals surface area contributed by atoms with Gasteiger partial charge in [0.05, 0.1) is 0 Å². The van der Waals surface area contributed by atoms with E-state index in [1.54, 1.807) is 0 Å². The molecule has 0 aromatic heterocycles. The van der Waals surface area contributed by atoms with Crippen LogP contribution in [0.4, 0.5) is 0 Å². The maximum absolute atomic E-state index is 6.52. The average molecular weight is 407 g/mol. The van der Waals surface area contributed by atoms with Crippen LogP contribution in [0.2, 0.25) is 23.2 Å². The number of hydrogen-bond acceptors (Lipinski definition) is 4. The van der Waals surface area contributed by atoms with Gasteiger partial charge in [0, 0.05) is 24.4 Å². The van der Waals surface area contributed by atoms with E-state index in [2.05, 4.69) is 83.1 Å². The van der Waals surface area contributed by atoms with Crippen LogP contribution in [0.1, 0.15) is 83.1 Å². The molecule has 0 aliphatic heterocycles. The van der Waals surface area contributed by atoms with Crippen LogP contribution in [0.3, 0.4) is 0 Å². The first-order chi connectivity index (χ1) is 11.8. The highest BCUT2D eigenvalue weighted by molar-refractivity contribution is 6.74. The topological polar surface area (TPSA) is 36.9 Å². The minimum atomic E-state index is -2.38. The predicted octanol–water partition coefficient (Wildman–Crippen LogP) is 6.39. The molecule has 0 bridgehead atoms. The molecule has 0 aliphatic carbocycles. The molecule has 0 saturated carbocycles. The Morgan fingerprint density at radius 2 is 0.615 bits per heavy atom. The first-order valence-electron chi connectivity index (χ1n) is 10.5. The monoisotopic (exact) mass is 406 g/mol. The van der Waals surface area contributed by atoms with Gasteiger partial charge in [-0.15, -0.1) is 0 Å². The Kier molecular flexibility index (Phi) is 11.4. The summed E-state index contributed by atoms with van der Waals surface area (Å²) in [5, 5.41) is 0. The second-order valence-electron chi connectivity index (χ2n) is 9.10. The molecule has 0 N–H and O–H groups in total. The minimum Gasteiger partial charge on any atom is -0.392 e. The van der Waals surface area contributed by atoms with Gasteiger partial charge in [-0.3, -0.25) is 0 Å². The van der Waals surface area contributed by atoms with Gasteiger partial charge in [-0.2, -0.15) is 0 Å². The maximum atomic E-state index is 6.52. The van der Waals surface area contributed by atoms with Crippen molar-refractivity contribution in [3.05, 3.63) is 0 Å². The molecule has 4 nitrogen and oxygen atoms in total. The molecule has 0 amide bonds. The molecule has 0 heterocycles. The highest BCUT2D eigenvalue weighted by atomic mass is 28.4. The quantitative estimate of drug-likeness (QED) is 0.332. The Labute approximate surface area is 165 Å². The van der Waals surface area contributed by atoms with Gasteiger partial charge in [-0.25, -0.2) is 0 Å². The van der Waals surface area contributed by atoms with Crippen molar-refractivity contribution in [2.24, 2.45) is 0 Å². The van der Waals surface area contributed by atoms with Gasteiger partial charge in [0.2, 0.25) is 0 Å². The van der Waals surface area contributed by atoms with Crippen LogP contribution < -0.4 is 0 Å². The van der Waals surface area contributed by atoms with Gasteiger partial charge in [0.15, 0.2) is 0 Å². The SMILES string of the molecule is CC(C)O[Si](CC[Si](OC(C)C)(OC(C)C)C(C)C)(OC(C)C)C(C)C. The normalized spacial score (nSPS) is 14.1. The molecule has 0 fully saturated rings. The summed E-state index contributed by atoms with van der Waals surface area (Å²) in [6.45, 7) is 25.8. The van der Waals surface area contributed by atoms with Gasteiger partial charge in [-0.05, 0) is 78.6 Å². The van der Waals surface area contributed by atoms with Crippen LogP contribution in [0.25, 0.3) is 0 Å². The third kappa shape index (κ3) is 8.52. The largest absolute Gasteiger partial charge is 0.392 e. The molecule has 0 atom stereocenters. The Balaban J connectivity index is 5.73. The Morgan fingerprint density at radius 3 is 0.731 bits per heavy atom. The third-order valence-corrected chi connectivity index (χ3v) is 13.7. The van der Waals surface area contributed by atoms with Crippen LogP contribution in [-0.2, 0) is 17.7 Å². The zero-order valence-electron chi connectivity index (χ0n) is 19.5. The molecule has 158 valence electrons. The van der Waals surface area contributed by atoms with Crippen molar-refractivity contribution < 1.29 is 17.7 Å². The molecule has 0 unspecified atom stereocenters. The lowest BCUT2D eigenvalue weighted by molar-refractivity contribution is 0.0885. The van der Waals surface area contributed by atoms with E-state index in [4.69, 9.17) is 17.7 Å². The van der Waals surface area contributed by atoms with Crippen LogP contribution in [0.5, 0.6) is 0 Å². The lowest BCUT2D eigenvalue weighted by Gasteiger charge is -2.42. The van der Waals surface area contributed by atoms with Crippen molar-refractivity contribution in [2.45, 2.75) is 131 Å². The highest BCUT2D eigenvalue weighted by Crippen LogP contribution is 2.38. The van der Waals surface area contributed by atoms with Gasteiger partial charge >= 0.3 is 17.1 Å². The van der Waals surface area contributed by atoms with Gasteiger partial charge < -0.3 is 17.7 Å². The predicted molar refractivity (Wildman–Crippen MR) is 116 cm³/mol. The molecule has 0 radical (unpaired) electrons. The Morgan fingerprint density at radius 1 is 0.423 bits per heavy atom. The summed E-state index contributed by atoms with van der Waals surface area (Å²) in [5.74, 6) is 0. The molecular weight excluding hydrogens is 360 g/mol. The van der Waals surface area contributed by atoms with Crippen molar-refractivity contribution >= 4 is 17.1 Å². The smallest absolute Gasteiger partial charge is 0.341 e. The first-order valence-corrected chi connectivity index (χ1v) is 14.7. The molecule has 0 aliphatic rings. The van der Waals surface area contributed by atoms with Crippen molar-refractivity contribution in [1.82, 2.24) is 0 Å². The number of hydrogen-bond donors (Lipinski definition) is 0. The summed E-state index contributed by atoms with van der Waals surface area (Å²) in [5.41, 5.74) is 0.758. The minimum absolute atomic E-state index is 0.162. The van der Waals surface area contributed by atoms with Crippen LogP contribution >= 0.6 is 0 Å². The van der Waals surface area contributed by atoms with E-state index in [1.165, 1.54) is 0 Å². The summed E-state index contributed by atoms with van der Waals surface area (Å²) < 4.78 is 26.1. The van der Waals surface area contributed by atoms with E-state index in [-0.39, 0.29) is 24.4 Å². The Bertz CT molecular complexity index is 326. The lowest BCUT2D eigenvalue weighted by atomic mass is 10.5. The molecular formula is C20H46O4Si2.